The van der Waals surface area contributed by atoms with E-state index in [0.29, 0.717) is 12.5 Å². The van der Waals surface area contributed by atoms with Crippen LogP contribution in [0.25, 0.3) is 0 Å². The Morgan fingerprint density at radius 1 is 0.966 bits per heavy atom. The van der Waals surface area contributed by atoms with Crippen LogP contribution in [-0.2, 0) is 17.6 Å². The molecule has 0 bridgehead atoms. The fraction of sp³-hybridized carbons (Fsp3) is 0.731. The molecule has 2 rings (SSSR count). The molecule has 29 heavy (non-hydrogen) atoms. The lowest BCUT2D eigenvalue weighted by Crippen LogP contribution is -2.40. The fourth-order valence-corrected chi connectivity index (χ4v) is 4.60. The first kappa shape index (κ1) is 23.9. The standard InChI is InChI=1S/C26H43NO2/c1-4-7-8-9-10-11-12-16-26(28)29-25-15-13-14-22-17-18-23(21-24(22)25)27(19-5-2)20-6-3/h13-15,23H,4-12,16-21H2,1-3H3. The molecule has 3 heteroatoms. The molecule has 0 radical (unpaired) electrons. The number of esters is 1. The lowest BCUT2D eigenvalue weighted by Gasteiger charge is -2.35. The molecular formula is C26H43NO2. The Labute approximate surface area is 179 Å². The number of unbranched alkanes of at least 4 members (excludes halogenated alkanes) is 6. The summed E-state index contributed by atoms with van der Waals surface area (Å²) in [5, 5.41) is 0. The Balaban J connectivity index is 1.87. The zero-order chi connectivity index (χ0) is 20.9. The summed E-state index contributed by atoms with van der Waals surface area (Å²) in [6.45, 7) is 9.08. The molecule has 0 saturated carbocycles. The van der Waals surface area contributed by atoms with Gasteiger partial charge in [-0.25, -0.2) is 0 Å². The zero-order valence-electron chi connectivity index (χ0n) is 19.2. The molecule has 3 nitrogen and oxygen atoms in total. The maximum Gasteiger partial charge on any atom is 0.311 e. The monoisotopic (exact) mass is 401 g/mol. The van der Waals surface area contributed by atoms with Gasteiger partial charge in [0.25, 0.3) is 0 Å². The summed E-state index contributed by atoms with van der Waals surface area (Å²) in [5.41, 5.74) is 2.64. The minimum atomic E-state index is -0.0620. The predicted octanol–water partition coefficient (Wildman–Crippen LogP) is 6.71. The number of hydrogen-bond donors (Lipinski definition) is 0. The van der Waals surface area contributed by atoms with E-state index in [-0.39, 0.29) is 5.97 Å². The zero-order valence-corrected chi connectivity index (χ0v) is 19.2. The number of aryl methyl sites for hydroxylation is 1. The van der Waals surface area contributed by atoms with E-state index in [2.05, 4.69) is 31.7 Å². The van der Waals surface area contributed by atoms with E-state index in [1.54, 1.807) is 0 Å². The van der Waals surface area contributed by atoms with Crippen LogP contribution in [0.15, 0.2) is 18.2 Å². The Morgan fingerprint density at radius 2 is 1.66 bits per heavy atom. The van der Waals surface area contributed by atoms with E-state index in [4.69, 9.17) is 4.74 Å². The van der Waals surface area contributed by atoms with Crippen molar-refractivity contribution in [1.29, 1.82) is 0 Å². The number of ether oxygens (including phenoxy) is 1. The summed E-state index contributed by atoms with van der Waals surface area (Å²) in [7, 11) is 0. The van der Waals surface area contributed by atoms with Crippen LogP contribution in [0.3, 0.4) is 0 Å². The second-order valence-electron chi connectivity index (χ2n) is 8.67. The SMILES string of the molecule is CCCCCCCCCC(=O)Oc1cccc2c1CC(N(CCC)CCC)CC2. The van der Waals surface area contributed by atoms with E-state index < -0.39 is 0 Å². The first-order valence-corrected chi connectivity index (χ1v) is 12.2. The highest BCUT2D eigenvalue weighted by Gasteiger charge is 2.26. The molecule has 0 spiro atoms. The summed E-state index contributed by atoms with van der Waals surface area (Å²) in [5.74, 6) is 0.751. The molecule has 0 aliphatic heterocycles. The van der Waals surface area contributed by atoms with Gasteiger partial charge >= 0.3 is 5.97 Å². The average molecular weight is 402 g/mol. The molecule has 0 heterocycles. The van der Waals surface area contributed by atoms with E-state index in [1.165, 1.54) is 62.5 Å². The normalized spacial score (nSPS) is 16.1. The van der Waals surface area contributed by atoms with Gasteiger partial charge in [-0.2, -0.15) is 0 Å². The molecule has 1 aromatic rings. The lowest BCUT2D eigenvalue weighted by molar-refractivity contribution is -0.134. The highest BCUT2D eigenvalue weighted by atomic mass is 16.5. The van der Waals surface area contributed by atoms with Crippen molar-refractivity contribution in [2.24, 2.45) is 0 Å². The molecule has 0 aromatic heterocycles. The molecule has 0 amide bonds. The van der Waals surface area contributed by atoms with Gasteiger partial charge in [0.2, 0.25) is 0 Å². The minimum absolute atomic E-state index is 0.0620. The van der Waals surface area contributed by atoms with Crippen molar-refractivity contribution < 1.29 is 9.53 Å². The van der Waals surface area contributed by atoms with Crippen molar-refractivity contribution in [3.63, 3.8) is 0 Å². The van der Waals surface area contributed by atoms with Crippen LogP contribution in [0.5, 0.6) is 5.75 Å². The largest absolute Gasteiger partial charge is 0.426 e. The van der Waals surface area contributed by atoms with E-state index in [0.717, 1.165) is 44.5 Å². The molecule has 1 unspecified atom stereocenters. The minimum Gasteiger partial charge on any atom is -0.426 e. The van der Waals surface area contributed by atoms with Gasteiger partial charge in [-0.05, 0) is 68.8 Å². The van der Waals surface area contributed by atoms with Crippen LogP contribution in [0, 0.1) is 0 Å². The van der Waals surface area contributed by atoms with Gasteiger partial charge in [0.1, 0.15) is 5.75 Å². The molecule has 0 N–H and O–H groups in total. The predicted molar refractivity (Wildman–Crippen MR) is 123 cm³/mol. The molecule has 1 aliphatic rings. The smallest absolute Gasteiger partial charge is 0.311 e. The van der Waals surface area contributed by atoms with Gasteiger partial charge in [0.05, 0.1) is 0 Å². The van der Waals surface area contributed by atoms with Gasteiger partial charge in [-0.15, -0.1) is 0 Å². The van der Waals surface area contributed by atoms with Gasteiger partial charge in [-0.1, -0.05) is 71.4 Å². The highest BCUT2D eigenvalue weighted by molar-refractivity contribution is 5.73. The molecule has 1 atom stereocenters. The van der Waals surface area contributed by atoms with Gasteiger partial charge < -0.3 is 9.64 Å². The van der Waals surface area contributed by atoms with Crippen LogP contribution in [0.4, 0.5) is 0 Å². The molecule has 0 fully saturated rings. The summed E-state index contributed by atoms with van der Waals surface area (Å²) < 4.78 is 5.85. The number of fused-ring (bicyclic) bond motifs is 1. The molecule has 164 valence electrons. The summed E-state index contributed by atoms with van der Waals surface area (Å²) in [6.07, 6.45) is 14.8. The summed E-state index contributed by atoms with van der Waals surface area (Å²) in [6, 6.07) is 6.83. The maximum absolute atomic E-state index is 12.4. The van der Waals surface area contributed by atoms with E-state index in [1.807, 2.05) is 12.1 Å². The third-order valence-electron chi connectivity index (χ3n) is 6.16. The number of hydrogen-bond acceptors (Lipinski definition) is 3. The number of benzene rings is 1. The van der Waals surface area contributed by atoms with Crippen LogP contribution < -0.4 is 4.74 Å². The Bertz CT molecular complexity index is 592. The van der Waals surface area contributed by atoms with Gasteiger partial charge in [0, 0.05) is 12.5 Å². The maximum atomic E-state index is 12.4. The molecule has 0 saturated heterocycles. The Morgan fingerprint density at radius 3 is 2.34 bits per heavy atom. The number of carbonyl (C=O) groups is 1. The second kappa shape index (κ2) is 13.8. The Hall–Kier alpha value is -1.35. The third-order valence-corrected chi connectivity index (χ3v) is 6.16. The number of carbonyl (C=O) groups excluding carboxylic acids is 1. The fourth-order valence-electron chi connectivity index (χ4n) is 4.60. The van der Waals surface area contributed by atoms with Gasteiger partial charge in [0.15, 0.2) is 0 Å². The van der Waals surface area contributed by atoms with Crippen molar-refractivity contribution in [2.45, 2.75) is 110 Å². The second-order valence-corrected chi connectivity index (χ2v) is 8.67. The number of nitrogens with zero attached hydrogens (tertiary/aromatic N) is 1. The molecule has 1 aromatic carbocycles. The molecular weight excluding hydrogens is 358 g/mol. The van der Waals surface area contributed by atoms with Crippen LogP contribution in [0.2, 0.25) is 0 Å². The van der Waals surface area contributed by atoms with Crippen molar-refractivity contribution in [3.8, 4) is 5.75 Å². The van der Waals surface area contributed by atoms with Crippen LogP contribution in [-0.4, -0.2) is 30.0 Å². The van der Waals surface area contributed by atoms with Crippen LogP contribution >= 0.6 is 0 Å². The quantitative estimate of drug-likeness (QED) is 0.197. The first-order chi connectivity index (χ1) is 14.2. The van der Waals surface area contributed by atoms with Crippen molar-refractivity contribution >= 4 is 5.97 Å². The first-order valence-electron chi connectivity index (χ1n) is 12.2. The number of rotatable bonds is 14. The van der Waals surface area contributed by atoms with Crippen LogP contribution in [0.1, 0.15) is 103 Å². The lowest BCUT2D eigenvalue weighted by atomic mass is 9.86. The van der Waals surface area contributed by atoms with E-state index >= 15 is 0 Å². The highest BCUT2D eigenvalue weighted by Crippen LogP contribution is 2.32. The average Bonchev–Trinajstić information content (AvgIpc) is 2.73. The van der Waals surface area contributed by atoms with Crippen molar-refractivity contribution in [3.05, 3.63) is 29.3 Å². The summed E-state index contributed by atoms with van der Waals surface area (Å²) >= 11 is 0. The molecule has 1 aliphatic carbocycles. The van der Waals surface area contributed by atoms with Crippen molar-refractivity contribution in [1.82, 2.24) is 4.90 Å². The van der Waals surface area contributed by atoms with Crippen molar-refractivity contribution in [2.75, 3.05) is 13.1 Å². The topological polar surface area (TPSA) is 29.5 Å². The Kier molecular flexibility index (Phi) is 11.4. The van der Waals surface area contributed by atoms with Gasteiger partial charge in [-0.3, -0.25) is 4.79 Å². The summed E-state index contributed by atoms with van der Waals surface area (Å²) in [4.78, 5) is 15.1. The van der Waals surface area contributed by atoms with E-state index in [9.17, 15) is 4.79 Å². The third kappa shape index (κ3) is 8.12.